The molecule has 2 aromatic heterocycles. The van der Waals surface area contributed by atoms with Crippen LogP contribution in [0.15, 0.2) is 48.8 Å². The van der Waals surface area contributed by atoms with Crippen molar-refractivity contribution < 1.29 is 18.4 Å². The Balaban J connectivity index is 1.24. The number of amides is 2. The second-order valence-electron chi connectivity index (χ2n) is 15.1. The highest BCUT2D eigenvalue weighted by molar-refractivity contribution is 6.09. The molecule has 1 aliphatic carbocycles. The largest absolute Gasteiger partial charge is 0.344 e. The van der Waals surface area contributed by atoms with Crippen molar-refractivity contribution in [1.29, 1.82) is 0 Å². The molecule has 3 aliphatic rings. The quantitative estimate of drug-likeness (QED) is 0.187. The van der Waals surface area contributed by atoms with Crippen LogP contribution in [0.1, 0.15) is 94.2 Å². The molecule has 1 unspecified atom stereocenters. The van der Waals surface area contributed by atoms with Crippen LogP contribution in [0.5, 0.6) is 0 Å². The molecule has 2 N–H and O–H groups in total. The van der Waals surface area contributed by atoms with Gasteiger partial charge in [-0.3, -0.25) is 9.59 Å². The smallest absolute Gasteiger partial charge is 0.258 e. The van der Waals surface area contributed by atoms with Gasteiger partial charge in [0, 0.05) is 40.6 Å². The van der Waals surface area contributed by atoms with E-state index < -0.39 is 23.8 Å². The third-order valence-electron chi connectivity index (χ3n) is 10.9. The Bertz CT molecular complexity index is 1940. The number of pyridine rings is 1. The summed E-state index contributed by atoms with van der Waals surface area (Å²) in [6.45, 7) is 13.5. The number of hydrogen-bond donors (Lipinski definition) is 2. The molecule has 7 rings (SSSR count). The maximum Gasteiger partial charge on any atom is 0.258 e. The second-order valence-corrected chi connectivity index (χ2v) is 15.1. The number of anilines is 3. The number of halogens is 2. The number of carbonyl (C=O) groups is 2. The van der Waals surface area contributed by atoms with E-state index in [4.69, 9.17) is 9.97 Å². The van der Waals surface area contributed by atoms with Crippen LogP contribution in [-0.2, 0) is 10.2 Å². The number of likely N-dealkylation sites (tertiary alicyclic amines) is 1. The SMILES string of the molecule is Cc1ccc(Nc2nc(-c3ccc4c(c3)N([C@H]3C[C@@H](N5CCCCC5)C3)C(=O)C4(C)C)cc3ncn(C(C)C)c23)cc1C(=O)NC(C)C(F)F. The molecule has 1 saturated heterocycles. The van der Waals surface area contributed by atoms with Gasteiger partial charge in [0.05, 0.1) is 29.0 Å². The average Bonchev–Trinajstić information content (AvgIpc) is 3.59. The maximum atomic E-state index is 13.9. The van der Waals surface area contributed by atoms with Gasteiger partial charge in [-0.1, -0.05) is 24.6 Å². The molecule has 9 nitrogen and oxygen atoms in total. The molecule has 2 amide bonds. The molecule has 11 heteroatoms. The van der Waals surface area contributed by atoms with Gasteiger partial charge >= 0.3 is 0 Å². The van der Waals surface area contributed by atoms with Crippen molar-refractivity contribution in [3.8, 4) is 11.3 Å². The highest BCUT2D eigenvalue weighted by Crippen LogP contribution is 2.48. The molecule has 4 aromatic rings. The van der Waals surface area contributed by atoms with Gasteiger partial charge in [-0.2, -0.15) is 0 Å². The average molecular weight is 684 g/mol. The Morgan fingerprint density at radius 2 is 1.72 bits per heavy atom. The zero-order chi connectivity index (χ0) is 35.5. The normalized spacial score (nSPS) is 21.1. The van der Waals surface area contributed by atoms with Crippen LogP contribution in [-0.4, -0.2) is 68.9 Å². The molecule has 2 aliphatic heterocycles. The third-order valence-corrected chi connectivity index (χ3v) is 10.9. The molecule has 2 fully saturated rings. The minimum atomic E-state index is -2.67. The summed E-state index contributed by atoms with van der Waals surface area (Å²) in [6, 6.07) is 13.0. The molecule has 50 heavy (non-hydrogen) atoms. The lowest BCUT2D eigenvalue weighted by atomic mass is 9.82. The summed E-state index contributed by atoms with van der Waals surface area (Å²) in [5.41, 5.74) is 6.06. The fraction of sp³-hybridized carbons (Fsp3) is 0.487. The van der Waals surface area contributed by atoms with E-state index in [0.29, 0.717) is 34.4 Å². The summed E-state index contributed by atoms with van der Waals surface area (Å²) in [4.78, 5) is 41.4. The van der Waals surface area contributed by atoms with Gasteiger partial charge in [-0.05, 0) is 116 Å². The lowest BCUT2D eigenvalue weighted by Crippen LogP contribution is -2.57. The third kappa shape index (κ3) is 6.03. The highest BCUT2D eigenvalue weighted by Gasteiger charge is 2.50. The van der Waals surface area contributed by atoms with Crippen molar-refractivity contribution in [3.63, 3.8) is 0 Å². The zero-order valence-corrected chi connectivity index (χ0v) is 29.8. The van der Waals surface area contributed by atoms with E-state index in [9.17, 15) is 18.4 Å². The van der Waals surface area contributed by atoms with E-state index in [0.717, 1.165) is 53.8 Å². The Labute approximate surface area is 292 Å². The standard InChI is InChI=1S/C39H47F2N7O2/c1-22(2)47-21-42-32-20-31(45-36(34(32)47)44-26-12-10-23(3)29(17-26)37(49)43-24(4)35(40)41)25-11-13-30-33(16-25)48(38(50)39(30,5)6)28-18-27(19-28)46-14-8-7-9-15-46/h10-13,16-17,20-22,24,27-28,35H,7-9,14-15,18-19H2,1-6H3,(H,43,49)(H,44,45)/t24?,27-,28+. The number of alkyl halides is 2. The van der Waals surface area contributed by atoms with Gasteiger partial charge in [0.2, 0.25) is 5.91 Å². The van der Waals surface area contributed by atoms with Gasteiger partial charge in [0.1, 0.15) is 5.52 Å². The predicted octanol–water partition coefficient (Wildman–Crippen LogP) is 7.76. The number of fused-ring (bicyclic) bond motifs is 2. The van der Waals surface area contributed by atoms with Gasteiger partial charge < -0.3 is 25.0 Å². The molecule has 1 atom stereocenters. The van der Waals surface area contributed by atoms with Gasteiger partial charge in [-0.25, -0.2) is 18.7 Å². The van der Waals surface area contributed by atoms with E-state index >= 15 is 0 Å². The zero-order valence-electron chi connectivity index (χ0n) is 29.8. The van der Waals surface area contributed by atoms with E-state index in [1.54, 1.807) is 25.4 Å². The molecular weight excluding hydrogens is 636 g/mol. The maximum absolute atomic E-state index is 13.9. The summed E-state index contributed by atoms with van der Waals surface area (Å²) in [5.74, 6) is 0.138. The first-order chi connectivity index (χ1) is 23.8. The number of nitrogens with one attached hydrogen (secondary N) is 2. The topological polar surface area (TPSA) is 95.4 Å². The Kier molecular flexibility index (Phi) is 8.90. The first-order valence-electron chi connectivity index (χ1n) is 17.9. The van der Waals surface area contributed by atoms with Crippen LogP contribution in [0.4, 0.5) is 26.0 Å². The van der Waals surface area contributed by atoms with Crippen LogP contribution in [0.2, 0.25) is 0 Å². The first kappa shape index (κ1) is 34.1. The Hall–Kier alpha value is -4.38. The van der Waals surface area contributed by atoms with Crippen LogP contribution >= 0.6 is 0 Å². The number of hydrogen-bond acceptors (Lipinski definition) is 6. The lowest BCUT2D eigenvalue weighted by molar-refractivity contribution is -0.123. The van der Waals surface area contributed by atoms with Crippen molar-refractivity contribution in [2.24, 2.45) is 0 Å². The molecule has 2 aromatic carbocycles. The molecule has 1 saturated carbocycles. The minimum absolute atomic E-state index is 0.0985. The van der Waals surface area contributed by atoms with Crippen molar-refractivity contribution in [1.82, 2.24) is 24.8 Å². The lowest BCUT2D eigenvalue weighted by Gasteiger charge is -2.48. The van der Waals surface area contributed by atoms with Crippen molar-refractivity contribution >= 4 is 40.0 Å². The number of imidazole rings is 1. The number of rotatable bonds is 9. The molecule has 264 valence electrons. The molecule has 0 radical (unpaired) electrons. The van der Waals surface area contributed by atoms with E-state index in [1.165, 1.54) is 26.2 Å². The van der Waals surface area contributed by atoms with Gasteiger partial charge in [0.25, 0.3) is 12.3 Å². The molecule has 0 bridgehead atoms. The fourth-order valence-corrected chi connectivity index (χ4v) is 7.77. The van der Waals surface area contributed by atoms with Gasteiger partial charge in [0.15, 0.2) is 5.82 Å². The first-order valence-corrected chi connectivity index (χ1v) is 17.9. The summed E-state index contributed by atoms with van der Waals surface area (Å²) >= 11 is 0. The number of benzene rings is 2. The molecule has 4 heterocycles. The monoisotopic (exact) mass is 683 g/mol. The second kappa shape index (κ2) is 13.1. The van der Waals surface area contributed by atoms with Gasteiger partial charge in [-0.15, -0.1) is 0 Å². The Morgan fingerprint density at radius 3 is 2.42 bits per heavy atom. The van der Waals surface area contributed by atoms with Crippen molar-refractivity contribution in [2.45, 2.75) is 110 Å². The number of piperidine rings is 1. The fourth-order valence-electron chi connectivity index (χ4n) is 7.77. The van der Waals surface area contributed by atoms with E-state index in [1.807, 2.05) is 36.6 Å². The van der Waals surface area contributed by atoms with Crippen molar-refractivity contribution in [2.75, 3.05) is 23.3 Å². The van der Waals surface area contributed by atoms with E-state index in [-0.39, 0.29) is 18.0 Å². The number of aryl methyl sites for hydroxylation is 1. The summed E-state index contributed by atoms with van der Waals surface area (Å²) < 4.78 is 28.5. The van der Waals surface area contributed by atoms with Crippen LogP contribution < -0.4 is 15.5 Å². The molecule has 0 spiro atoms. The van der Waals surface area contributed by atoms with Crippen LogP contribution in [0, 0.1) is 6.92 Å². The van der Waals surface area contributed by atoms with Crippen LogP contribution in [0.3, 0.4) is 0 Å². The van der Waals surface area contributed by atoms with E-state index in [2.05, 4.69) is 46.4 Å². The summed E-state index contributed by atoms with van der Waals surface area (Å²) in [6.07, 6.45) is 4.94. The highest BCUT2D eigenvalue weighted by atomic mass is 19.3. The number of aromatic nitrogens is 3. The summed E-state index contributed by atoms with van der Waals surface area (Å²) in [5, 5.41) is 5.82. The predicted molar refractivity (Wildman–Crippen MR) is 193 cm³/mol. The Morgan fingerprint density at radius 1 is 0.980 bits per heavy atom. The number of carbonyl (C=O) groups excluding carboxylic acids is 2. The van der Waals surface area contributed by atoms with Crippen molar-refractivity contribution in [3.05, 3.63) is 65.5 Å². The summed E-state index contributed by atoms with van der Waals surface area (Å²) in [7, 11) is 0. The molecular formula is C39H47F2N7O2. The number of nitrogens with zero attached hydrogens (tertiary/aromatic N) is 5. The minimum Gasteiger partial charge on any atom is -0.344 e. The van der Waals surface area contributed by atoms with Crippen LogP contribution in [0.25, 0.3) is 22.3 Å².